The molecule has 0 aliphatic heterocycles. The van der Waals surface area contributed by atoms with Crippen molar-refractivity contribution in [3.8, 4) is 0 Å². The molecule has 1 aliphatic carbocycles. The van der Waals surface area contributed by atoms with Crippen LogP contribution in [-0.4, -0.2) is 15.8 Å². The van der Waals surface area contributed by atoms with Gasteiger partial charge in [-0.15, -0.1) is 0 Å². The predicted octanol–water partition coefficient (Wildman–Crippen LogP) is 2.76. The van der Waals surface area contributed by atoms with E-state index in [-0.39, 0.29) is 0 Å². The standard InChI is InChI=1S/C14H20O2/c1-10(2)11-4-6-12(7-5-11)13(15)14(16)8-3-9-14/h4-7,10,13,15-16H,3,8-9H2,1-2H3. The van der Waals surface area contributed by atoms with Gasteiger partial charge >= 0.3 is 0 Å². The Hall–Kier alpha value is -0.860. The quantitative estimate of drug-likeness (QED) is 0.822. The summed E-state index contributed by atoms with van der Waals surface area (Å²) in [5, 5.41) is 20.1. The lowest BCUT2D eigenvalue weighted by atomic mass is 9.74. The lowest BCUT2D eigenvalue weighted by Crippen LogP contribution is -2.42. The highest BCUT2D eigenvalue weighted by Gasteiger charge is 2.42. The molecule has 1 aliphatic rings. The van der Waals surface area contributed by atoms with Gasteiger partial charge in [-0.1, -0.05) is 38.1 Å². The number of rotatable bonds is 3. The summed E-state index contributed by atoms with van der Waals surface area (Å²) in [5.74, 6) is 0.498. The van der Waals surface area contributed by atoms with Crippen molar-refractivity contribution in [2.45, 2.75) is 50.7 Å². The SMILES string of the molecule is CC(C)c1ccc(C(O)C2(O)CCC2)cc1. The first kappa shape index (κ1) is 11.6. The molecule has 0 heterocycles. The van der Waals surface area contributed by atoms with Crippen LogP contribution < -0.4 is 0 Å². The average molecular weight is 220 g/mol. The molecule has 0 bridgehead atoms. The fraction of sp³-hybridized carbons (Fsp3) is 0.571. The molecule has 2 heteroatoms. The fourth-order valence-electron chi connectivity index (χ4n) is 2.19. The maximum Gasteiger partial charge on any atom is 0.108 e. The Bertz CT molecular complexity index is 350. The molecule has 2 rings (SSSR count). The summed E-state index contributed by atoms with van der Waals surface area (Å²) in [7, 11) is 0. The van der Waals surface area contributed by atoms with Gasteiger partial charge in [-0.05, 0) is 36.3 Å². The van der Waals surface area contributed by atoms with Crippen molar-refractivity contribution in [3.63, 3.8) is 0 Å². The topological polar surface area (TPSA) is 40.5 Å². The minimum Gasteiger partial charge on any atom is -0.387 e. The highest BCUT2D eigenvalue weighted by molar-refractivity contribution is 5.28. The van der Waals surface area contributed by atoms with Gasteiger partial charge in [0.25, 0.3) is 0 Å². The molecular weight excluding hydrogens is 200 g/mol. The zero-order valence-corrected chi connectivity index (χ0v) is 9.98. The minimum atomic E-state index is -0.876. The van der Waals surface area contributed by atoms with E-state index >= 15 is 0 Å². The van der Waals surface area contributed by atoms with Crippen molar-refractivity contribution in [3.05, 3.63) is 35.4 Å². The van der Waals surface area contributed by atoms with E-state index in [9.17, 15) is 10.2 Å². The second-order valence-electron chi connectivity index (χ2n) is 5.18. The van der Waals surface area contributed by atoms with Gasteiger partial charge in [0.1, 0.15) is 6.10 Å². The van der Waals surface area contributed by atoms with Crippen LogP contribution in [0.3, 0.4) is 0 Å². The monoisotopic (exact) mass is 220 g/mol. The summed E-state index contributed by atoms with van der Waals surface area (Å²) in [5.41, 5.74) is 1.21. The van der Waals surface area contributed by atoms with Gasteiger partial charge in [-0.3, -0.25) is 0 Å². The summed E-state index contributed by atoms with van der Waals surface area (Å²) < 4.78 is 0. The van der Waals surface area contributed by atoms with Crippen molar-refractivity contribution in [2.24, 2.45) is 0 Å². The number of hydrogen-bond acceptors (Lipinski definition) is 2. The third-order valence-electron chi connectivity index (χ3n) is 3.65. The first-order chi connectivity index (χ1) is 7.53. The zero-order valence-electron chi connectivity index (χ0n) is 9.98. The van der Waals surface area contributed by atoms with Crippen LogP contribution in [0.5, 0.6) is 0 Å². The second-order valence-corrected chi connectivity index (χ2v) is 5.18. The Kier molecular flexibility index (Phi) is 3.04. The van der Waals surface area contributed by atoms with Crippen LogP contribution in [0.25, 0.3) is 0 Å². The zero-order chi connectivity index (χ0) is 11.8. The molecule has 0 amide bonds. The van der Waals surface area contributed by atoms with Crippen LogP contribution in [0.2, 0.25) is 0 Å². The van der Waals surface area contributed by atoms with Gasteiger partial charge in [0.05, 0.1) is 5.60 Å². The summed E-state index contributed by atoms with van der Waals surface area (Å²) in [6.45, 7) is 4.29. The first-order valence-electron chi connectivity index (χ1n) is 6.03. The molecular formula is C14H20O2. The number of benzene rings is 1. The summed E-state index contributed by atoms with van der Waals surface area (Å²) in [6.07, 6.45) is 1.69. The highest BCUT2D eigenvalue weighted by Crippen LogP contribution is 2.41. The lowest BCUT2D eigenvalue weighted by Gasteiger charge is -2.40. The molecule has 0 spiro atoms. The Morgan fingerprint density at radius 2 is 1.56 bits per heavy atom. The first-order valence-corrected chi connectivity index (χ1v) is 6.03. The van der Waals surface area contributed by atoms with Crippen LogP contribution in [0.4, 0.5) is 0 Å². The van der Waals surface area contributed by atoms with E-state index in [1.807, 2.05) is 24.3 Å². The van der Waals surface area contributed by atoms with Crippen LogP contribution >= 0.6 is 0 Å². The Morgan fingerprint density at radius 1 is 1.06 bits per heavy atom. The molecule has 1 aromatic rings. The normalized spacial score (nSPS) is 20.6. The van der Waals surface area contributed by atoms with Crippen molar-refractivity contribution >= 4 is 0 Å². The van der Waals surface area contributed by atoms with Crippen LogP contribution in [-0.2, 0) is 0 Å². The summed E-state index contributed by atoms with van der Waals surface area (Å²) in [6, 6.07) is 7.92. The molecule has 1 aromatic carbocycles. The molecule has 2 nitrogen and oxygen atoms in total. The molecule has 0 saturated heterocycles. The van der Waals surface area contributed by atoms with Crippen molar-refractivity contribution in [2.75, 3.05) is 0 Å². The van der Waals surface area contributed by atoms with Crippen LogP contribution in [0, 0.1) is 0 Å². The molecule has 1 fully saturated rings. The van der Waals surface area contributed by atoms with E-state index < -0.39 is 11.7 Å². The van der Waals surface area contributed by atoms with E-state index in [0.717, 1.165) is 12.0 Å². The third kappa shape index (κ3) is 2.00. The van der Waals surface area contributed by atoms with E-state index in [4.69, 9.17) is 0 Å². The van der Waals surface area contributed by atoms with Crippen molar-refractivity contribution < 1.29 is 10.2 Å². The number of aliphatic hydroxyl groups is 2. The second kappa shape index (κ2) is 4.19. The number of hydrogen-bond donors (Lipinski definition) is 2. The van der Waals surface area contributed by atoms with E-state index in [1.165, 1.54) is 5.56 Å². The van der Waals surface area contributed by atoms with Gasteiger partial charge in [0.15, 0.2) is 0 Å². The highest BCUT2D eigenvalue weighted by atomic mass is 16.3. The fourth-order valence-corrected chi connectivity index (χ4v) is 2.19. The molecule has 2 N–H and O–H groups in total. The molecule has 1 atom stereocenters. The molecule has 0 radical (unpaired) electrons. The van der Waals surface area contributed by atoms with Gasteiger partial charge in [-0.2, -0.15) is 0 Å². The van der Waals surface area contributed by atoms with E-state index in [0.29, 0.717) is 18.8 Å². The van der Waals surface area contributed by atoms with E-state index in [1.54, 1.807) is 0 Å². The van der Waals surface area contributed by atoms with Crippen molar-refractivity contribution in [1.82, 2.24) is 0 Å². The summed E-state index contributed by atoms with van der Waals surface area (Å²) >= 11 is 0. The molecule has 88 valence electrons. The molecule has 16 heavy (non-hydrogen) atoms. The lowest BCUT2D eigenvalue weighted by molar-refractivity contribution is -0.127. The van der Waals surface area contributed by atoms with Gasteiger partial charge in [0.2, 0.25) is 0 Å². The van der Waals surface area contributed by atoms with Crippen molar-refractivity contribution in [1.29, 1.82) is 0 Å². The molecule has 0 aromatic heterocycles. The number of aliphatic hydroxyl groups excluding tert-OH is 1. The Balaban J connectivity index is 2.15. The molecule has 1 unspecified atom stereocenters. The largest absolute Gasteiger partial charge is 0.387 e. The Morgan fingerprint density at radius 3 is 1.94 bits per heavy atom. The van der Waals surface area contributed by atoms with Gasteiger partial charge in [-0.25, -0.2) is 0 Å². The molecule has 1 saturated carbocycles. The Labute approximate surface area is 96.9 Å². The van der Waals surface area contributed by atoms with Gasteiger partial charge < -0.3 is 10.2 Å². The third-order valence-corrected chi connectivity index (χ3v) is 3.65. The minimum absolute atomic E-state index is 0.498. The van der Waals surface area contributed by atoms with Crippen LogP contribution in [0.15, 0.2) is 24.3 Å². The smallest absolute Gasteiger partial charge is 0.108 e. The predicted molar refractivity (Wildman–Crippen MR) is 64.3 cm³/mol. The van der Waals surface area contributed by atoms with Gasteiger partial charge in [0, 0.05) is 0 Å². The maximum atomic E-state index is 10.1. The van der Waals surface area contributed by atoms with Crippen LogP contribution in [0.1, 0.15) is 56.3 Å². The van der Waals surface area contributed by atoms with E-state index in [2.05, 4.69) is 13.8 Å². The average Bonchev–Trinajstić information content (AvgIpc) is 2.25. The summed E-state index contributed by atoms with van der Waals surface area (Å²) in [4.78, 5) is 0. The maximum absolute atomic E-state index is 10.1.